The van der Waals surface area contributed by atoms with Gasteiger partial charge in [-0.25, -0.2) is 5.26 Å². The van der Waals surface area contributed by atoms with Crippen LogP contribution < -0.4 is 15.8 Å². The van der Waals surface area contributed by atoms with E-state index < -0.39 is 20.2 Å². The first-order valence-corrected chi connectivity index (χ1v) is 18.9. The average Bonchev–Trinajstić information content (AvgIpc) is 3.03. The minimum Gasteiger partial charge on any atom is -0.495 e. The summed E-state index contributed by atoms with van der Waals surface area (Å²) in [5.74, 6) is 0.953. The van der Waals surface area contributed by atoms with E-state index in [0.29, 0.717) is 57.0 Å². The minimum absolute atomic E-state index is 0.140. The molecule has 0 unspecified atom stereocenters. The van der Waals surface area contributed by atoms with Gasteiger partial charge in [-0.2, -0.15) is 42.0 Å². The number of hydrogen-bond acceptors (Lipinski definition) is 18. The molecule has 1 aromatic heterocycles. The number of hydrogen-bond donors (Lipinski definition) is 5. The molecule has 4 aromatic rings. The number of nitrogens with two attached hydrogens (primary N) is 1. The lowest BCUT2D eigenvalue weighted by Gasteiger charge is -2.08. The van der Waals surface area contributed by atoms with Crippen molar-refractivity contribution in [2.24, 2.45) is 10.2 Å². The molecule has 0 amide bonds. The van der Waals surface area contributed by atoms with Gasteiger partial charge in [-0.3, -0.25) is 9.11 Å². The fourth-order valence-corrected chi connectivity index (χ4v) is 6.79. The zero-order valence-electron chi connectivity index (χ0n) is 24.8. The van der Waals surface area contributed by atoms with Gasteiger partial charge in [0.2, 0.25) is 5.95 Å². The summed E-state index contributed by atoms with van der Waals surface area (Å²) >= 11 is 3.20. The van der Waals surface area contributed by atoms with Crippen LogP contribution in [0.5, 0.6) is 5.75 Å². The Hall–Kier alpha value is -3.32. The van der Waals surface area contributed by atoms with E-state index in [1.54, 1.807) is 50.6 Å². The molecular formula is C25H29N7O10S5. The van der Waals surface area contributed by atoms with Gasteiger partial charge in [-0.1, -0.05) is 34.6 Å². The number of rotatable bonds is 14. The summed E-state index contributed by atoms with van der Waals surface area (Å²) in [5.41, 5.74) is 7.19. The molecule has 17 nitrogen and oxygen atoms in total. The Morgan fingerprint density at radius 1 is 0.957 bits per heavy atom. The molecule has 0 aliphatic rings. The molecule has 0 spiro atoms. The highest BCUT2D eigenvalue weighted by Gasteiger charge is 2.17. The van der Waals surface area contributed by atoms with E-state index in [9.17, 15) is 21.4 Å². The van der Waals surface area contributed by atoms with Crippen molar-refractivity contribution >= 4 is 89.6 Å². The predicted octanol–water partition coefficient (Wildman–Crippen LogP) is 5.53. The fourth-order valence-electron chi connectivity index (χ4n) is 3.64. The number of fused-ring (bicyclic) bond motifs is 1. The monoisotopic (exact) mass is 747 g/mol. The van der Waals surface area contributed by atoms with Crippen LogP contribution >= 0.6 is 35.6 Å². The van der Waals surface area contributed by atoms with Gasteiger partial charge < -0.3 is 15.8 Å². The third-order valence-electron chi connectivity index (χ3n) is 5.62. The van der Waals surface area contributed by atoms with Crippen molar-refractivity contribution in [2.75, 3.05) is 43.0 Å². The predicted molar refractivity (Wildman–Crippen MR) is 179 cm³/mol. The molecule has 0 aliphatic carbocycles. The second-order valence-electron chi connectivity index (χ2n) is 8.81. The van der Waals surface area contributed by atoms with E-state index in [4.69, 9.17) is 20.3 Å². The van der Waals surface area contributed by atoms with Crippen LogP contribution in [0.4, 0.5) is 23.0 Å². The van der Waals surface area contributed by atoms with E-state index in [0.717, 1.165) is 5.69 Å². The standard InChI is InChI=1S/C18H17N3O7S2.C7H12N4O3S3/c1-19-16-6-5-13(9-17(16)26-2)21-20-12-4-3-11-7-14(29-28-27-22)10-18(15(11)8-12)30(23,24)25;1-15-6-9-5(8)10-7(11-6)16-3-2-4-17(12,13)14/h3-10,19,22H,1-2H3,(H,23,24,25);2-4H2,1H3,(H,12,13,14)(H2,8,9,10,11). The highest BCUT2D eigenvalue weighted by molar-refractivity contribution is 7.99. The van der Waals surface area contributed by atoms with Crippen LogP contribution in [0.2, 0.25) is 0 Å². The zero-order valence-corrected chi connectivity index (χ0v) is 28.9. The first-order chi connectivity index (χ1) is 22.3. The lowest BCUT2D eigenvalue weighted by molar-refractivity contribution is -0.432. The second-order valence-corrected chi connectivity index (χ2v) is 14.4. The Balaban J connectivity index is 0.000000300. The minimum atomic E-state index is -4.55. The van der Waals surface area contributed by atoms with E-state index in [1.165, 1.54) is 35.7 Å². The van der Waals surface area contributed by atoms with Gasteiger partial charge in [-0.15, -0.1) is 4.33 Å². The molecule has 0 bridgehead atoms. The van der Waals surface area contributed by atoms with E-state index in [-0.39, 0.29) is 26.9 Å². The molecule has 3 aromatic carbocycles. The fraction of sp³-hybridized carbons (Fsp3) is 0.240. The maximum atomic E-state index is 11.8. The quantitative estimate of drug-likeness (QED) is 0.0202. The van der Waals surface area contributed by atoms with Gasteiger partial charge in [0.15, 0.2) is 10.3 Å². The molecule has 0 atom stereocenters. The summed E-state index contributed by atoms with van der Waals surface area (Å²) in [6, 6.07) is 12.8. The van der Waals surface area contributed by atoms with Crippen LogP contribution in [0, 0.1) is 0 Å². The SMILES string of the molecule is CNc1ccc(N=Nc2ccc3cc(SOOO)cc(S(=O)(=O)O)c3c2)cc1OC.CSc1nc(N)nc(SCCCS(=O)(=O)O)n1. The van der Waals surface area contributed by atoms with Crippen molar-refractivity contribution in [3.05, 3.63) is 48.5 Å². The van der Waals surface area contributed by atoms with Crippen molar-refractivity contribution in [2.45, 2.75) is 26.5 Å². The number of anilines is 2. The molecule has 6 N–H and O–H groups in total. The third-order valence-corrected chi connectivity index (χ3v) is 9.36. The lowest BCUT2D eigenvalue weighted by atomic mass is 10.1. The zero-order chi connectivity index (χ0) is 34.6. The molecule has 22 heteroatoms. The summed E-state index contributed by atoms with van der Waals surface area (Å²) in [5, 5.41) is 24.8. The summed E-state index contributed by atoms with van der Waals surface area (Å²) in [6.07, 6.45) is 2.14. The number of methoxy groups -OCH3 is 1. The molecule has 0 aliphatic heterocycles. The van der Waals surface area contributed by atoms with Crippen LogP contribution in [0.15, 0.2) is 78.9 Å². The van der Waals surface area contributed by atoms with Crippen molar-refractivity contribution in [3.63, 3.8) is 0 Å². The largest absolute Gasteiger partial charge is 0.495 e. The lowest BCUT2D eigenvalue weighted by Crippen LogP contribution is -2.05. The Morgan fingerprint density at radius 2 is 1.64 bits per heavy atom. The van der Waals surface area contributed by atoms with Crippen molar-refractivity contribution in [3.8, 4) is 5.75 Å². The normalized spacial score (nSPS) is 11.8. The topological polar surface area (TPSA) is 258 Å². The van der Waals surface area contributed by atoms with Gasteiger partial charge in [0.1, 0.15) is 10.6 Å². The van der Waals surface area contributed by atoms with Crippen LogP contribution in [0.25, 0.3) is 10.8 Å². The maximum Gasteiger partial charge on any atom is 0.295 e. The van der Waals surface area contributed by atoms with Crippen molar-refractivity contribution in [1.82, 2.24) is 15.0 Å². The third kappa shape index (κ3) is 12.3. The Morgan fingerprint density at radius 3 is 2.26 bits per heavy atom. The summed E-state index contributed by atoms with van der Waals surface area (Å²) in [7, 11) is -5.13. The molecule has 47 heavy (non-hydrogen) atoms. The first kappa shape index (κ1) is 38.1. The van der Waals surface area contributed by atoms with E-state index in [1.807, 2.05) is 6.26 Å². The van der Waals surface area contributed by atoms with Crippen molar-refractivity contribution in [1.29, 1.82) is 0 Å². The van der Waals surface area contributed by atoms with E-state index >= 15 is 0 Å². The van der Waals surface area contributed by atoms with Gasteiger partial charge in [-0.05, 0) is 54.5 Å². The summed E-state index contributed by atoms with van der Waals surface area (Å²) in [6.45, 7) is 0. The van der Waals surface area contributed by atoms with Gasteiger partial charge in [0.25, 0.3) is 20.2 Å². The van der Waals surface area contributed by atoms with Crippen LogP contribution in [-0.2, 0) is 29.6 Å². The molecule has 4 rings (SSSR count). The molecule has 254 valence electrons. The van der Waals surface area contributed by atoms with Crippen LogP contribution in [-0.4, -0.2) is 78.1 Å². The molecule has 0 saturated carbocycles. The number of ether oxygens (including phenoxy) is 1. The Kier molecular flexibility index (Phi) is 14.4. The Bertz CT molecular complexity index is 1930. The van der Waals surface area contributed by atoms with E-state index in [2.05, 4.69) is 39.9 Å². The number of nitrogen functional groups attached to an aromatic ring is 1. The number of aromatic nitrogens is 3. The molecular weight excluding hydrogens is 719 g/mol. The van der Waals surface area contributed by atoms with Gasteiger partial charge in [0, 0.05) is 29.1 Å². The van der Waals surface area contributed by atoms with Gasteiger partial charge in [0.05, 0.1) is 42.0 Å². The number of benzene rings is 3. The number of nitrogens with one attached hydrogen (secondary N) is 1. The van der Waals surface area contributed by atoms with Crippen LogP contribution in [0.1, 0.15) is 6.42 Å². The van der Waals surface area contributed by atoms with Gasteiger partial charge >= 0.3 is 0 Å². The molecule has 1 heterocycles. The molecule has 0 fully saturated rings. The molecule has 0 saturated heterocycles. The van der Waals surface area contributed by atoms with Crippen LogP contribution in [0.3, 0.4) is 0 Å². The maximum absolute atomic E-state index is 11.8. The highest BCUT2D eigenvalue weighted by Crippen LogP contribution is 2.34. The number of azo groups is 1. The second kappa shape index (κ2) is 17.7. The molecule has 0 radical (unpaired) electrons. The van der Waals surface area contributed by atoms with Crippen molar-refractivity contribution < 1.29 is 45.3 Å². The highest BCUT2D eigenvalue weighted by atomic mass is 32.2. The first-order valence-electron chi connectivity index (χ1n) is 12.9. The summed E-state index contributed by atoms with van der Waals surface area (Å²) < 4.78 is 72.4. The summed E-state index contributed by atoms with van der Waals surface area (Å²) in [4.78, 5) is 11.8. The smallest absolute Gasteiger partial charge is 0.295 e. The average molecular weight is 748 g/mol. The number of nitrogens with zero attached hydrogens (tertiary/aromatic N) is 5. The Labute approximate surface area is 282 Å². The number of thioether (sulfide) groups is 2.